The molecular formula is C20H37N2O10P. The first kappa shape index (κ1) is 28.3. The summed E-state index contributed by atoms with van der Waals surface area (Å²) in [5.74, 6) is -0.300. The van der Waals surface area contributed by atoms with Gasteiger partial charge in [-0.15, -0.1) is 0 Å². The van der Waals surface area contributed by atoms with Crippen LogP contribution in [0.5, 0.6) is 0 Å². The summed E-state index contributed by atoms with van der Waals surface area (Å²) < 4.78 is 34.6. The third-order valence-electron chi connectivity index (χ3n) is 5.92. The summed E-state index contributed by atoms with van der Waals surface area (Å²) in [6, 6.07) is -1.29. The Kier molecular flexibility index (Phi) is 10.4. The molecule has 2 aliphatic rings. The number of nitrogens with two attached hydrogens (primary N) is 1. The minimum atomic E-state index is -4.41. The highest BCUT2D eigenvalue weighted by Crippen LogP contribution is 2.54. The molecule has 1 heterocycles. The molecule has 7 N–H and O–H groups in total. The van der Waals surface area contributed by atoms with E-state index in [9.17, 15) is 29.6 Å². The molecule has 192 valence electrons. The zero-order chi connectivity index (χ0) is 24.9. The van der Waals surface area contributed by atoms with Crippen LogP contribution < -0.4 is 11.1 Å². The lowest BCUT2D eigenvalue weighted by Crippen LogP contribution is -2.59. The van der Waals surface area contributed by atoms with Gasteiger partial charge in [0.1, 0.15) is 24.4 Å². The van der Waals surface area contributed by atoms with Gasteiger partial charge in [-0.3, -0.25) is 9.36 Å². The molecule has 1 saturated heterocycles. The molecule has 12 nitrogen and oxygen atoms in total. The molecule has 0 aromatic rings. The predicted molar refractivity (Wildman–Crippen MR) is 117 cm³/mol. The van der Waals surface area contributed by atoms with Gasteiger partial charge in [0.15, 0.2) is 6.29 Å². The largest absolute Gasteiger partial charge is 0.387 e. The van der Waals surface area contributed by atoms with Crippen LogP contribution in [0.25, 0.3) is 0 Å². The van der Waals surface area contributed by atoms with Crippen molar-refractivity contribution in [1.82, 2.24) is 5.32 Å². The minimum absolute atomic E-state index is 0.0155. The average molecular weight is 496 g/mol. The fraction of sp³-hybridized carbons (Fsp3) is 0.850. The molecule has 13 heteroatoms. The lowest BCUT2D eigenvalue weighted by atomic mass is 9.93. The second-order valence-corrected chi connectivity index (χ2v) is 10.2. The standard InChI is InChI=1S/C20H37N2O10P/c1-5-11(6-2)31-14-8-12(7-13(21)16(14)22-10(3)23)33(27,28)30-9-15-17(24)18(25)19(26)20(29-4)32-15/h8,11,13-20,24-26H,5-7,9,21H2,1-4H3,(H,22,23)(H,27,28)/t13-,14+,15+,16+,17-,18-,19+,20+/m0/s1. The molecule has 0 aromatic heterocycles. The van der Waals surface area contributed by atoms with Crippen LogP contribution in [0.3, 0.4) is 0 Å². The Morgan fingerprint density at radius 3 is 2.45 bits per heavy atom. The first-order chi connectivity index (χ1) is 15.4. The molecule has 0 aromatic carbocycles. The van der Waals surface area contributed by atoms with Crippen LogP contribution in [0.1, 0.15) is 40.0 Å². The van der Waals surface area contributed by atoms with E-state index in [1.54, 1.807) is 0 Å². The molecule has 9 atom stereocenters. The van der Waals surface area contributed by atoms with Crippen molar-refractivity contribution in [1.29, 1.82) is 0 Å². The highest BCUT2D eigenvalue weighted by Gasteiger charge is 2.45. The van der Waals surface area contributed by atoms with E-state index in [0.29, 0.717) is 12.8 Å². The van der Waals surface area contributed by atoms with Crippen molar-refractivity contribution >= 4 is 13.5 Å². The van der Waals surface area contributed by atoms with Gasteiger partial charge in [-0.25, -0.2) is 0 Å². The van der Waals surface area contributed by atoms with Gasteiger partial charge in [0, 0.05) is 25.4 Å². The summed E-state index contributed by atoms with van der Waals surface area (Å²) in [6.07, 6.45) is -5.16. The van der Waals surface area contributed by atoms with Crippen LogP contribution in [0.4, 0.5) is 0 Å². The number of carbonyl (C=O) groups excluding carboxylic acids is 1. The fourth-order valence-corrected chi connectivity index (χ4v) is 5.23. The molecule has 33 heavy (non-hydrogen) atoms. The second kappa shape index (κ2) is 12.2. The molecule has 1 aliphatic heterocycles. The predicted octanol–water partition coefficient (Wildman–Crippen LogP) is -0.664. The van der Waals surface area contributed by atoms with Gasteiger partial charge in [-0.2, -0.15) is 0 Å². The Morgan fingerprint density at radius 1 is 1.27 bits per heavy atom. The van der Waals surface area contributed by atoms with Crippen LogP contribution in [0.2, 0.25) is 0 Å². The third-order valence-corrected chi connectivity index (χ3v) is 7.48. The number of hydrogen-bond acceptors (Lipinski definition) is 10. The van der Waals surface area contributed by atoms with Crippen LogP contribution in [-0.2, 0) is 28.1 Å². The van der Waals surface area contributed by atoms with Crippen LogP contribution in [-0.4, -0.2) is 94.8 Å². The maximum atomic E-state index is 13.0. The third kappa shape index (κ3) is 7.04. The van der Waals surface area contributed by atoms with E-state index in [0.717, 1.165) is 0 Å². The van der Waals surface area contributed by atoms with Crippen LogP contribution in [0, 0.1) is 0 Å². The normalized spacial score (nSPS) is 36.8. The van der Waals surface area contributed by atoms with Gasteiger partial charge in [-0.1, -0.05) is 13.8 Å². The molecule has 1 amide bonds. The fourth-order valence-electron chi connectivity index (χ4n) is 3.94. The number of rotatable bonds is 10. The SMILES string of the molecule is CCC(CC)O[C@@H]1C=C(P(=O)(O)OC[C@H]2O[C@@H](OC)[C@H](O)[C@@H](O)[C@H]2O)C[C@H](N)[C@H]1NC(C)=O. The summed E-state index contributed by atoms with van der Waals surface area (Å²) >= 11 is 0. The Balaban J connectivity index is 2.19. The first-order valence-corrected chi connectivity index (χ1v) is 12.6. The monoisotopic (exact) mass is 496 g/mol. The summed E-state index contributed by atoms with van der Waals surface area (Å²) in [6.45, 7) is 4.69. The Morgan fingerprint density at radius 2 is 1.91 bits per heavy atom. The Hall–Kier alpha value is -0.920. The van der Waals surface area contributed by atoms with E-state index in [4.69, 9.17) is 24.5 Å². The molecule has 1 unspecified atom stereocenters. The number of aliphatic hydroxyl groups is 3. The van der Waals surface area contributed by atoms with Gasteiger partial charge in [0.25, 0.3) is 0 Å². The van der Waals surface area contributed by atoms with E-state index >= 15 is 0 Å². The molecule has 0 bridgehead atoms. The van der Waals surface area contributed by atoms with Gasteiger partial charge in [0.05, 0.1) is 24.9 Å². The Labute approximate surface area is 193 Å². The number of hydrogen-bond donors (Lipinski definition) is 6. The summed E-state index contributed by atoms with van der Waals surface area (Å²) in [5.41, 5.74) is 6.23. The van der Waals surface area contributed by atoms with Gasteiger partial charge in [-0.05, 0) is 25.3 Å². The minimum Gasteiger partial charge on any atom is -0.387 e. The maximum absolute atomic E-state index is 13.0. The van der Waals surface area contributed by atoms with Gasteiger partial charge in [0.2, 0.25) is 5.91 Å². The quantitative estimate of drug-likeness (QED) is 0.210. The zero-order valence-electron chi connectivity index (χ0n) is 19.4. The molecular weight excluding hydrogens is 459 g/mol. The van der Waals surface area contributed by atoms with Crippen LogP contribution in [0.15, 0.2) is 11.4 Å². The molecule has 1 fully saturated rings. The molecule has 0 radical (unpaired) electrons. The van der Waals surface area contributed by atoms with Crippen molar-refractivity contribution in [2.24, 2.45) is 5.73 Å². The number of amides is 1. The van der Waals surface area contributed by atoms with Crippen molar-refractivity contribution in [3.63, 3.8) is 0 Å². The zero-order valence-corrected chi connectivity index (χ0v) is 20.3. The van der Waals surface area contributed by atoms with E-state index in [1.807, 2.05) is 13.8 Å². The highest BCUT2D eigenvalue weighted by molar-refractivity contribution is 7.57. The topological polar surface area (TPSA) is 190 Å². The lowest BCUT2D eigenvalue weighted by molar-refractivity contribution is -0.293. The number of aliphatic hydroxyl groups excluding tert-OH is 3. The second-order valence-electron chi connectivity index (χ2n) is 8.36. The van der Waals surface area contributed by atoms with Crippen molar-refractivity contribution < 1.29 is 48.3 Å². The molecule has 0 spiro atoms. The number of methoxy groups -OCH3 is 1. The summed E-state index contributed by atoms with van der Waals surface area (Å²) in [5, 5.41) is 32.7. The van der Waals surface area contributed by atoms with E-state index in [-0.39, 0.29) is 23.7 Å². The highest BCUT2D eigenvalue weighted by atomic mass is 31.2. The smallest absolute Gasteiger partial charge is 0.354 e. The first-order valence-electron chi connectivity index (χ1n) is 11.0. The van der Waals surface area contributed by atoms with Crippen molar-refractivity contribution in [3.05, 3.63) is 11.4 Å². The summed E-state index contributed by atoms with van der Waals surface area (Å²) in [4.78, 5) is 22.3. The van der Waals surface area contributed by atoms with Crippen molar-refractivity contribution in [2.45, 2.75) is 95.0 Å². The van der Waals surface area contributed by atoms with Crippen LogP contribution >= 0.6 is 7.60 Å². The van der Waals surface area contributed by atoms with Crippen molar-refractivity contribution in [3.8, 4) is 0 Å². The van der Waals surface area contributed by atoms with Gasteiger partial charge >= 0.3 is 7.60 Å². The van der Waals surface area contributed by atoms with E-state index < -0.39 is 63.1 Å². The molecule has 1 aliphatic carbocycles. The number of carbonyl (C=O) groups is 1. The molecule has 2 rings (SSSR count). The van der Waals surface area contributed by atoms with E-state index in [2.05, 4.69) is 5.32 Å². The molecule has 0 saturated carbocycles. The number of nitrogens with one attached hydrogen (secondary N) is 1. The lowest BCUT2D eigenvalue weighted by Gasteiger charge is -2.40. The van der Waals surface area contributed by atoms with E-state index in [1.165, 1.54) is 20.1 Å². The van der Waals surface area contributed by atoms with Crippen molar-refractivity contribution in [2.75, 3.05) is 13.7 Å². The van der Waals surface area contributed by atoms with Gasteiger partial charge < -0.3 is 50.0 Å². The Bertz CT molecular complexity index is 732. The maximum Gasteiger partial charge on any atom is 0.354 e. The number of ether oxygens (including phenoxy) is 3. The average Bonchev–Trinajstić information content (AvgIpc) is 2.76. The summed E-state index contributed by atoms with van der Waals surface area (Å²) in [7, 11) is -3.16.